The van der Waals surface area contributed by atoms with Gasteiger partial charge in [-0.25, -0.2) is 9.37 Å². The SMILES string of the molecule is C=C(F)c1c(/C=C\C)cc(C2CCCC2)[nH]c1=O.Clc1ccc(N2CCNCC2)nc1. The van der Waals surface area contributed by atoms with Crippen LogP contribution >= 0.6 is 11.6 Å². The van der Waals surface area contributed by atoms with Crippen LogP contribution in [0.3, 0.4) is 0 Å². The predicted octanol–water partition coefficient (Wildman–Crippen LogP) is 5.15. The fraction of sp³-hybridized carbons (Fsp3) is 0.417. The first-order valence-electron chi connectivity index (χ1n) is 10.8. The standard InChI is InChI=1S/C15H18FNO.C9H12ClN3/c1-3-6-12-9-13(11-7-4-5-8-11)17-15(18)14(12)10(2)16;10-8-1-2-9(12-7-8)13-5-3-11-4-6-13/h3,6,9,11H,2,4-5,7-8H2,1H3,(H,17,18);1-2,7,11H,3-6H2/b6-3-;. The quantitative estimate of drug-likeness (QED) is 0.684. The Hall–Kier alpha value is -2.44. The summed E-state index contributed by atoms with van der Waals surface area (Å²) in [4.78, 5) is 21.3. The number of H-pyrrole nitrogens is 1. The lowest BCUT2D eigenvalue weighted by Crippen LogP contribution is -2.43. The second-order valence-electron chi connectivity index (χ2n) is 7.84. The smallest absolute Gasteiger partial charge is 0.258 e. The molecule has 0 aromatic carbocycles. The number of hydrogen-bond donors (Lipinski definition) is 2. The zero-order valence-electron chi connectivity index (χ0n) is 18.0. The summed E-state index contributed by atoms with van der Waals surface area (Å²) in [7, 11) is 0. The Morgan fingerprint density at radius 2 is 2.00 bits per heavy atom. The van der Waals surface area contributed by atoms with Gasteiger partial charge in [0.2, 0.25) is 0 Å². The molecule has 0 unspecified atom stereocenters. The monoisotopic (exact) mass is 444 g/mol. The molecule has 1 saturated heterocycles. The van der Waals surface area contributed by atoms with Crippen molar-refractivity contribution in [3.8, 4) is 0 Å². The molecule has 2 aliphatic rings. The van der Waals surface area contributed by atoms with Crippen LogP contribution in [0, 0.1) is 0 Å². The highest BCUT2D eigenvalue weighted by atomic mass is 35.5. The van der Waals surface area contributed by atoms with E-state index in [-0.39, 0.29) is 11.1 Å². The maximum absolute atomic E-state index is 13.3. The number of nitrogens with one attached hydrogen (secondary N) is 2. The highest BCUT2D eigenvalue weighted by Gasteiger charge is 2.20. The predicted molar refractivity (Wildman–Crippen MR) is 127 cm³/mol. The van der Waals surface area contributed by atoms with Gasteiger partial charge in [0.25, 0.3) is 5.56 Å². The van der Waals surface area contributed by atoms with Gasteiger partial charge in [-0.2, -0.15) is 0 Å². The summed E-state index contributed by atoms with van der Waals surface area (Å²) in [6.45, 7) is 9.19. The van der Waals surface area contributed by atoms with E-state index >= 15 is 0 Å². The van der Waals surface area contributed by atoms with Gasteiger partial charge in [-0.3, -0.25) is 4.79 Å². The van der Waals surface area contributed by atoms with Crippen molar-refractivity contribution in [3.63, 3.8) is 0 Å². The molecule has 2 N–H and O–H groups in total. The average Bonchev–Trinajstić information content (AvgIpc) is 3.30. The van der Waals surface area contributed by atoms with Crippen molar-refractivity contribution in [1.29, 1.82) is 0 Å². The summed E-state index contributed by atoms with van der Waals surface area (Å²) >= 11 is 5.76. The molecule has 2 aromatic rings. The molecule has 0 amide bonds. The van der Waals surface area contributed by atoms with Gasteiger partial charge in [0, 0.05) is 38.1 Å². The second kappa shape index (κ2) is 11.3. The number of aromatic nitrogens is 2. The van der Waals surface area contributed by atoms with Gasteiger partial charge in [-0.05, 0) is 49.4 Å². The van der Waals surface area contributed by atoms with Crippen LogP contribution < -0.4 is 15.8 Å². The molecule has 2 aromatic heterocycles. The molecule has 1 aliphatic carbocycles. The highest BCUT2D eigenvalue weighted by molar-refractivity contribution is 6.30. The summed E-state index contributed by atoms with van der Waals surface area (Å²) in [5.74, 6) is 0.747. The fourth-order valence-electron chi connectivity index (χ4n) is 4.10. The van der Waals surface area contributed by atoms with Crippen LogP contribution in [-0.2, 0) is 0 Å². The minimum atomic E-state index is -0.678. The first kappa shape index (κ1) is 23.2. The molecule has 4 rings (SSSR count). The van der Waals surface area contributed by atoms with Crippen LogP contribution in [0.2, 0.25) is 5.02 Å². The van der Waals surface area contributed by atoms with Crippen LogP contribution in [0.4, 0.5) is 10.2 Å². The maximum atomic E-state index is 13.3. The maximum Gasteiger partial charge on any atom is 0.258 e. The number of pyridine rings is 2. The van der Waals surface area contributed by atoms with Crippen LogP contribution in [0.1, 0.15) is 55.3 Å². The van der Waals surface area contributed by atoms with Crippen molar-refractivity contribution in [2.75, 3.05) is 31.1 Å². The minimum absolute atomic E-state index is 0.0508. The van der Waals surface area contributed by atoms with Crippen LogP contribution in [-0.4, -0.2) is 36.1 Å². The van der Waals surface area contributed by atoms with Gasteiger partial charge in [-0.15, -0.1) is 0 Å². The number of allylic oxidation sites excluding steroid dienone is 1. The Kier molecular flexibility index (Phi) is 8.43. The summed E-state index contributed by atoms with van der Waals surface area (Å²) in [6.07, 6.45) is 9.85. The van der Waals surface area contributed by atoms with Crippen LogP contribution in [0.5, 0.6) is 0 Å². The number of aromatic amines is 1. The van der Waals surface area contributed by atoms with Gasteiger partial charge in [0.15, 0.2) is 0 Å². The Morgan fingerprint density at radius 3 is 2.58 bits per heavy atom. The lowest BCUT2D eigenvalue weighted by atomic mass is 9.99. The Balaban J connectivity index is 0.000000185. The first-order valence-corrected chi connectivity index (χ1v) is 11.2. The Labute approximate surface area is 188 Å². The molecule has 166 valence electrons. The van der Waals surface area contributed by atoms with Crippen LogP contribution in [0.25, 0.3) is 11.9 Å². The summed E-state index contributed by atoms with van der Waals surface area (Å²) in [5.41, 5.74) is 1.22. The van der Waals surface area contributed by atoms with E-state index in [1.165, 1.54) is 12.8 Å². The van der Waals surface area contributed by atoms with Gasteiger partial charge < -0.3 is 15.2 Å². The van der Waals surface area contributed by atoms with Crippen molar-refractivity contribution in [2.45, 2.75) is 38.5 Å². The molecule has 1 saturated carbocycles. The molecule has 1 aliphatic heterocycles. The number of anilines is 1. The van der Waals surface area contributed by atoms with Gasteiger partial charge >= 0.3 is 0 Å². The highest BCUT2D eigenvalue weighted by Crippen LogP contribution is 2.33. The lowest BCUT2D eigenvalue weighted by molar-refractivity contribution is 0.585. The van der Waals surface area contributed by atoms with E-state index in [2.05, 4.69) is 26.8 Å². The normalized spacial score (nSPS) is 16.9. The molecule has 0 radical (unpaired) electrons. The third-order valence-electron chi connectivity index (χ3n) is 5.65. The van der Waals surface area contributed by atoms with E-state index < -0.39 is 5.83 Å². The third-order valence-corrected chi connectivity index (χ3v) is 5.87. The zero-order valence-corrected chi connectivity index (χ0v) is 18.7. The van der Waals surface area contributed by atoms with Crippen molar-refractivity contribution in [3.05, 3.63) is 69.2 Å². The van der Waals surface area contributed by atoms with Gasteiger partial charge in [0.1, 0.15) is 11.6 Å². The molecular formula is C24H30ClFN4O. The lowest BCUT2D eigenvalue weighted by Gasteiger charge is -2.28. The van der Waals surface area contributed by atoms with Crippen molar-refractivity contribution < 1.29 is 4.39 Å². The van der Waals surface area contributed by atoms with Crippen molar-refractivity contribution in [2.24, 2.45) is 0 Å². The summed E-state index contributed by atoms with van der Waals surface area (Å²) < 4.78 is 13.3. The third kappa shape index (κ3) is 6.28. The summed E-state index contributed by atoms with van der Waals surface area (Å²) in [5, 5.41) is 3.99. The largest absolute Gasteiger partial charge is 0.354 e. The number of nitrogens with zero attached hydrogens (tertiary/aromatic N) is 2. The van der Waals surface area contributed by atoms with Crippen molar-refractivity contribution >= 4 is 29.3 Å². The Bertz CT molecular complexity index is 959. The van der Waals surface area contributed by atoms with Gasteiger partial charge in [0.05, 0.1) is 10.6 Å². The van der Waals surface area contributed by atoms with Crippen molar-refractivity contribution in [1.82, 2.24) is 15.3 Å². The van der Waals surface area contributed by atoms with E-state index in [1.807, 2.05) is 25.1 Å². The second-order valence-corrected chi connectivity index (χ2v) is 8.28. The molecule has 0 spiro atoms. The molecule has 0 atom stereocenters. The topological polar surface area (TPSA) is 61.0 Å². The zero-order chi connectivity index (χ0) is 22.2. The fourth-order valence-corrected chi connectivity index (χ4v) is 4.21. The summed E-state index contributed by atoms with van der Waals surface area (Å²) in [6, 6.07) is 5.73. The van der Waals surface area contributed by atoms with E-state index in [1.54, 1.807) is 18.3 Å². The number of halogens is 2. The first-order chi connectivity index (χ1) is 15.0. The van der Waals surface area contributed by atoms with E-state index in [0.717, 1.165) is 50.5 Å². The number of rotatable bonds is 4. The van der Waals surface area contributed by atoms with E-state index in [4.69, 9.17) is 11.6 Å². The molecule has 0 bridgehead atoms. The minimum Gasteiger partial charge on any atom is -0.354 e. The molecule has 3 heterocycles. The number of piperazine rings is 1. The van der Waals surface area contributed by atoms with Gasteiger partial charge in [-0.1, -0.05) is 43.2 Å². The van der Waals surface area contributed by atoms with Crippen LogP contribution in [0.15, 0.2) is 41.8 Å². The molecule has 7 heteroatoms. The number of hydrogen-bond acceptors (Lipinski definition) is 4. The molecule has 31 heavy (non-hydrogen) atoms. The molecular weight excluding hydrogens is 415 g/mol. The molecule has 5 nitrogen and oxygen atoms in total. The van der Waals surface area contributed by atoms with E-state index in [9.17, 15) is 9.18 Å². The molecule has 2 fully saturated rings. The average molecular weight is 445 g/mol. The van der Waals surface area contributed by atoms with E-state index in [0.29, 0.717) is 16.5 Å². The Morgan fingerprint density at radius 1 is 1.29 bits per heavy atom.